The lowest BCUT2D eigenvalue weighted by Crippen LogP contribution is -2.68. The molecule has 5 atom stereocenters. The van der Waals surface area contributed by atoms with Gasteiger partial charge in [-0.25, -0.2) is 0 Å². The first-order valence-corrected chi connectivity index (χ1v) is 14.2. The van der Waals surface area contributed by atoms with Crippen molar-refractivity contribution in [2.75, 3.05) is 27.5 Å². The SMILES string of the molecule is COc1c(C)cc2c(c1O)[C@@H]1[C@@H]3Cc4c(OC(C)=O)c(C)c5c(c4[C@H](CNC(=O)C(C)=O)N3[C@@H](C#N)[C@H](C2)N1C)OCO5. The van der Waals surface area contributed by atoms with Crippen LogP contribution in [0.25, 0.3) is 0 Å². The molecule has 1 amide bonds. The van der Waals surface area contributed by atoms with Crippen LogP contribution in [0.2, 0.25) is 0 Å². The van der Waals surface area contributed by atoms with E-state index in [1.54, 1.807) is 6.92 Å². The summed E-state index contributed by atoms with van der Waals surface area (Å²) in [6, 6.07) is 2.21. The zero-order valence-corrected chi connectivity index (χ0v) is 24.9. The summed E-state index contributed by atoms with van der Waals surface area (Å²) < 4.78 is 23.2. The van der Waals surface area contributed by atoms with E-state index in [9.17, 15) is 24.8 Å². The van der Waals surface area contributed by atoms with Crippen molar-refractivity contribution < 1.29 is 38.4 Å². The number of fused-ring (bicyclic) bond motifs is 9. The lowest BCUT2D eigenvalue weighted by molar-refractivity contribution is -0.137. The van der Waals surface area contributed by atoms with Crippen molar-refractivity contribution in [1.82, 2.24) is 15.1 Å². The number of nitrogens with one attached hydrogen (secondary N) is 1. The highest BCUT2D eigenvalue weighted by atomic mass is 16.7. The summed E-state index contributed by atoms with van der Waals surface area (Å²) in [6.45, 7) is 6.13. The van der Waals surface area contributed by atoms with E-state index in [0.717, 1.165) is 11.1 Å². The summed E-state index contributed by atoms with van der Waals surface area (Å²) in [5.74, 6) is -0.226. The van der Waals surface area contributed by atoms with E-state index in [1.807, 2.05) is 20.0 Å². The maximum atomic E-state index is 12.5. The maximum absolute atomic E-state index is 12.5. The van der Waals surface area contributed by atoms with E-state index >= 15 is 0 Å². The molecule has 0 aliphatic carbocycles. The van der Waals surface area contributed by atoms with Gasteiger partial charge in [0.15, 0.2) is 23.0 Å². The number of aryl methyl sites for hydroxylation is 1. The quantitative estimate of drug-likeness (QED) is 0.300. The van der Waals surface area contributed by atoms with E-state index in [1.165, 1.54) is 21.0 Å². The molecule has 1 fully saturated rings. The third kappa shape index (κ3) is 4.21. The summed E-state index contributed by atoms with van der Waals surface area (Å²) in [7, 11) is 3.47. The third-order valence-corrected chi connectivity index (χ3v) is 9.29. The Morgan fingerprint density at radius 2 is 1.84 bits per heavy atom. The van der Waals surface area contributed by atoms with Gasteiger partial charge in [0.25, 0.3) is 5.91 Å². The minimum atomic E-state index is -0.754. The van der Waals surface area contributed by atoms with Gasteiger partial charge in [-0.2, -0.15) is 5.26 Å². The normalized spacial score (nSPS) is 25.1. The van der Waals surface area contributed by atoms with Crippen LogP contribution in [-0.2, 0) is 27.2 Å². The van der Waals surface area contributed by atoms with Crippen LogP contribution in [0.3, 0.4) is 0 Å². The monoisotopic (exact) mass is 590 g/mol. The molecule has 2 N–H and O–H groups in total. The molecule has 2 aromatic rings. The van der Waals surface area contributed by atoms with Crippen molar-refractivity contribution >= 4 is 17.7 Å². The number of piperazine rings is 1. The fraction of sp³-hybridized carbons (Fsp3) is 0.484. The first-order chi connectivity index (χ1) is 20.5. The molecule has 2 bridgehead atoms. The average Bonchev–Trinajstić information content (AvgIpc) is 3.44. The zero-order valence-electron chi connectivity index (χ0n) is 24.9. The Morgan fingerprint density at radius 1 is 1.12 bits per heavy atom. The van der Waals surface area contributed by atoms with Crippen molar-refractivity contribution in [3.8, 4) is 34.8 Å². The van der Waals surface area contributed by atoms with Crippen molar-refractivity contribution in [1.29, 1.82) is 5.26 Å². The van der Waals surface area contributed by atoms with Crippen LogP contribution in [-0.4, -0.2) is 78.2 Å². The number of carbonyl (C=O) groups is 3. The third-order valence-electron chi connectivity index (χ3n) is 9.29. The maximum Gasteiger partial charge on any atom is 0.308 e. The van der Waals surface area contributed by atoms with Gasteiger partial charge in [0.1, 0.15) is 11.8 Å². The van der Waals surface area contributed by atoms with Gasteiger partial charge in [-0.05, 0) is 44.9 Å². The van der Waals surface area contributed by atoms with Crippen LogP contribution in [0.4, 0.5) is 0 Å². The molecule has 12 heteroatoms. The number of phenolic OH excluding ortho intramolecular Hbond substituents is 1. The second kappa shape index (κ2) is 10.4. The van der Waals surface area contributed by atoms with Gasteiger partial charge in [0, 0.05) is 54.7 Å². The number of benzene rings is 2. The highest BCUT2D eigenvalue weighted by molar-refractivity contribution is 6.35. The summed E-state index contributed by atoms with van der Waals surface area (Å²) in [6.07, 6.45) is 0.841. The van der Waals surface area contributed by atoms with Crippen LogP contribution in [0.5, 0.6) is 28.7 Å². The highest BCUT2D eigenvalue weighted by Crippen LogP contribution is 2.58. The summed E-state index contributed by atoms with van der Waals surface area (Å²) >= 11 is 0. The molecule has 0 spiro atoms. The minimum Gasteiger partial charge on any atom is -0.504 e. The summed E-state index contributed by atoms with van der Waals surface area (Å²) in [5, 5.41) is 25.0. The topological polar surface area (TPSA) is 151 Å². The van der Waals surface area contributed by atoms with Crippen LogP contribution in [0, 0.1) is 25.2 Å². The molecule has 0 aromatic heterocycles. The number of rotatable bonds is 5. The van der Waals surface area contributed by atoms with Gasteiger partial charge in [-0.3, -0.25) is 24.2 Å². The number of ketones is 1. The smallest absolute Gasteiger partial charge is 0.308 e. The van der Waals surface area contributed by atoms with Crippen LogP contribution < -0.4 is 24.3 Å². The van der Waals surface area contributed by atoms with Gasteiger partial charge >= 0.3 is 5.97 Å². The summed E-state index contributed by atoms with van der Waals surface area (Å²) in [4.78, 5) is 41.0. The van der Waals surface area contributed by atoms with E-state index in [-0.39, 0.29) is 31.2 Å². The van der Waals surface area contributed by atoms with Crippen LogP contribution in [0.15, 0.2) is 6.07 Å². The number of amides is 1. The fourth-order valence-electron chi connectivity index (χ4n) is 7.62. The predicted molar refractivity (Wildman–Crippen MR) is 151 cm³/mol. The van der Waals surface area contributed by atoms with E-state index in [2.05, 4.69) is 21.2 Å². The molecule has 2 aromatic carbocycles. The Balaban J connectivity index is 1.61. The second-order valence-electron chi connectivity index (χ2n) is 11.6. The number of phenols is 1. The van der Waals surface area contributed by atoms with E-state index in [4.69, 9.17) is 18.9 Å². The van der Waals surface area contributed by atoms with E-state index < -0.39 is 35.8 Å². The standard InChI is InChI=1S/C31H34N4O8/c1-13-7-17-8-19-21(10-32)35-20(25(34(19)5)23(17)26(38)27(13)40-6)9-18-24(22(35)11-33-31(39)15(3)36)30-29(41-12-42-30)14(2)28(18)43-16(4)37/h7,19-22,25,38H,8-9,11-12H2,1-6H3,(H,33,39)/t19-,20-,21-,22-,25-/m0/s1. The molecule has 0 unspecified atom stereocenters. The largest absolute Gasteiger partial charge is 0.504 e. The average molecular weight is 591 g/mol. The van der Waals surface area contributed by atoms with Crippen molar-refractivity contribution in [3.63, 3.8) is 0 Å². The summed E-state index contributed by atoms with van der Waals surface area (Å²) in [5.41, 5.74) is 4.39. The number of carbonyl (C=O) groups excluding carboxylic acids is 3. The number of nitrogens with zero attached hydrogens (tertiary/aromatic N) is 3. The Labute approximate surface area is 249 Å². The number of hydrogen-bond acceptors (Lipinski definition) is 11. The number of ether oxygens (including phenoxy) is 4. The van der Waals surface area contributed by atoms with Gasteiger partial charge in [0.2, 0.25) is 12.6 Å². The number of esters is 1. The highest BCUT2D eigenvalue weighted by Gasteiger charge is 2.56. The number of methoxy groups -OCH3 is 1. The minimum absolute atomic E-state index is 0.0162. The number of likely N-dealkylation sites (N-methyl/N-ethyl adjacent to an activating group) is 1. The molecule has 1 saturated heterocycles. The molecule has 4 aliphatic heterocycles. The predicted octanol–water partition coefficient (Wildman–Crippen LogP) is 2.15. The Bertz CT molecular complexity index is 1610. The van der Waals surface area contributed by atoms with Gasteiger partial charge in [-0.1, -0.05) is 6.07 Å². The Kier molecular flexibility index (Phi) is 6.98. The molecule has 43 heavy (non-hydrogen) atoms. The van der Waals surface area contributed by atoms with Gasteiger partial charge in [0.05, 0.1) is 25.3 Å². The fourth-order valence-corrected chi connectivity index (χ4v) is 7.62. The Morgan fingerprint density at radius 3 is 2.49 bits per heavy atom. The van der Waals surface area contributed by atoms with E-state index in [0.29, 0.717) is 58.1 Å². The van der Waals surface area contributed by atoms with Gasteiger partial charge < -0.3 is 29.4 Å². The molecule has 6 rings (SSSR count). The molecule has 4 heterocycles. The zero-order chi connectivity index (χ0) is 30.9. The number of hydrogen-bond donors (Lipinski definition) is 2. The molecule has 226 valence electrons. The molecular weight excluding hydrogens is 556 g/mol. The molecule has 0 saturated carbocycles. The lowest BCUT2D eigenvalue weighted by atomic mass is 9.71. The van der Waals surface area contributed by atoms with Crippen molar-refractivity contribution in [2.24, 2.45) is 0 Å². The first kappa shape index (κ1) is 28.8. The number of aromatic hydroxyl groups is 1. The lowest BCUT2D eigenvalue weighted by Gasteiger charge is -2.60. The number of nitriles is 1. The van der Waals surface area contributed by atoms with Gasteiger partial charge in [-0.15, -0.1) is 0 Å². The second-order valence-corrected chi connectivity index (χ2v) is 11.6. The molecule has 12 nitrogen and oxygen atoms in total. The number of Topliss-reactive ketones (excluding diaryl/α,β-unsaturated/α-hetero) is 1. The molecular formula is C31H34N4O8. The molecule has 0 radical (unpaired) electrons. The van der Waals surface area contributed by atoms with Crippen LogP contribution >= 0.6 is 0 Å². The van der Waals surface area contributed by atoms with Crippen LogP contribution in [0.1, 0.15) is 59.3 Å². The first-order valence-electron chi connectivity index (χ1n) is 14.2. The van der Waals surface area contributed by atoms with Crippen molar-refractivity contribution in [3.05, 3.63) is 39.4 Å². The molecule has 4 aliphatic rings. The van der Waals surface area contributed by atoms with Crippen molar-refractivity contribution in [2.45, 2.75) is 70.7 Å². The Hall–Kier alpha value is -4.34.